The molecule has 0 fully saturated rings. The van der Waals surface area contributed by atoms with Crippen LogP contribution in [0.2, 0.25) is 0 Å². The summed E-state index contributed by atoms with van der Waals surface area (Å²) in [7, 11) is 0. The summed E-state index contributed by atoms with van der Waals surface area (Å²) in [6.07, 6.45) is -0.553. The Morgan fingerprint density at radius 2 is 1.06 bits per heavy atom. The van der Waals surface area contributed by atoms with Crippen LogP contribution in [0.4, 0.5) is 0 Å². The summed E-state index contributed by atoms with van der Waals surface area (Å²) >= 11 is 0. The summed E-state index contributed by atoms with van der Waals surface area (Å²) in [5, 5.41) is 8.33. The standard InChI is InChI=1S/C14H12N2O/c1-3-7-11(8-4-1)13-15-16-14(17-13)12-9-5-2-6-10-12/h1-10,13-14H. The Bertz CT molecular complexity index is 463. The lowest BCUT2D eigenvalue weighted by Crippen LogP contribution is -2.00. The highest BCUT2D eigenvalue weighted by molar-refractivity contribution is 5.20. The monoisotopic (exact) mass is 224 g/mol. The molecule has 0 amide bonds. The second-order valence-electron chi connectivity index (χ2n) is 3.89. The van der Waals surface area contributed by atoms with Crippen molar-refractivity contribution in [1.29, 1.82) is 0 Å². The summed E-state index contributed by atoms with van der Waals surface area (Å²) in [4.78, 5) is 0. The quantitative estimate of drug-likeness (QED) is 0.762. The summed E-state index contributed by atoms with van der Waals surface area (Å²) in [5.74, 6) is 0. The van der Waals surface area contributed by atoms with Crippen molar-refractivity contribution in [2.75, 3.05) is 0 Å². The van der Waals surface area contributed by atoms with Gasteiger partial charge in [-0.25, -0.2) is 0 Å². The van der Waals surface area contributed by atoms with Crippen LogP contribution in [0, 0.1) is 0 Å². The maximum Gasteiger partial charge on any atom is 0.197 e. The van der Waals surface area contributed by atoms with E-state index in [1.54, 1.807) is 0 Å². The van der Waals surface area contributed by atoms with Gasteiger partial charge in [-0.1, -0.05) is 60.7 Å². The van der Waals surface area contributed by atoms with Crippen LogP contribution in [0.25, 0.3) is 0 Å². The van der Waals surface area contributed by atoms with E-state index in [-0.39, 0.29) is 12.5 Å². The molecule has 0 saturated carbocycles. The largest absolute Gasteiger partial charge is 0.319 e. The Labute approximate surface area is 99.8 Å². The zero-order valence-electron chi connectivity index (χ0n) is 9.23. The van der Waals surface area contributed by atoms with Crippen LogP contribution < -0.4 is 0 Å². The third kappa shape index (κ3) is 2.10. The Kier molecular flexibility index (Phi) is 2.68. The maximum absolute atomic E-state index is 5.80. The van der Waals surface area contributed by atoms with E-state index in [0.29, 0.717) is 0 Å². The molecule has 84 valence electrons. The molecular weight excluding hydrogens is 212 g/mol. The van der Waals surface area contributed by atoms with Gasteiger partial charge in [-0.2, -0.15) is 10.2 Å². The highest BCUT2D eigenvalue weighted by Gasteiger charge is 2.24. The van der Waals surface area contributed by atoms with Crippen LogP contribution >= 0.6 is 0 Å². The fraction of sp³-hybridized carbons (Fsp3) is 0.143. The van der Waals surface area contributed by atoms with Crippen molar-refractivity contribution in [3.8, 4) is 0 Å². The summed E-state index contributed by atoms with van der Waals surface area (Å²) in [6.45, 7) is 0. The molecule has 1 aliphatic rings. The fourth-order valence-corrected chi connectivity index (χ4v) is 1.82. The predicted octanol–water partition coefficient (Wildman–Crippen LogP) is 3.87. The molecule has 2 aromatic carbocycles. The van der Waals surface area contributed by atoms with Crippen LogP contribution in [0.15, 0.2) is 70.9 Å². The van der Waals surface area contributed by atoms with Gasteiger partial charge in [0.25, 0.3) is 0 Å². The number of ether oxygens (including phenoxy) is 1. The van der Waals surface area contributed by atoms with Gasteiger partial charge >= 0.3 is 0 Å². The van der Waals surface area contributed by atoms with Crippen molar-refractivity contribution in [2.24, 2.45) is 10.2 Å². The zero-order chi connectivity index (χ0) is 11.5. The highest BCUT2D eigenvalue weighted by Crippen LogP contribution is 2.35. The Hall–Kier alpha value is -2.00. The molecule has 0 aromatic heterocycles. The lowest BCUT2D eigenvalue weighted by molar-refractivity contribution is 0.0328. The van der Waals surface area contributed by atoms with Gasteiger partial charge in [0.05, 0.1) is 0 Å². The van der Waals surface area contributed by atoms with E-state index in [4.69, 9.17) is 4.74 Å². The topological polar surface area (TPSA) is 34.0 Å². The second-order valence-corrected chi connectivity index (χ2v) is 3.89. The minimum Gasteiger partial charge on any atom is -0.319 e. The highest BCUT2D eigenvalue weighted by atomic mass is 16.5. The summed E-state index contributed by atoms with van der Waals surface area (Å²) < 4.78 is 5.80. The van der Waals surface area contributed by atoms with Gasteiger partial charge in [0.15, 0.2) is 12.5 Å². The van der Waals surface area contributed by atoms with E-state index in [0.717, 1.165) is 11.1 Å². The second kappa shape index (κ2) is 4.47. The lowest BCUT2D eigenvalue weighted by Gasteiger charge is -2.10. The third-order valence-electron chi connectivity index (χ3n) is 2.70. The van der Waals surface area contributed by atoms with Crippen LogP contribution in [0.3, 0.4) is 0 Å². The molecular formula is C14H12N2O. The Morgan fingerprint density at radius 1 is 0.647 bits per heavy atom. The molecule has 3 rings (SSSR count). The van der Waals surface area contributed by atoms with Gasteiger partial charge in [0.2, 0.25) is 0 Å². The number of rotatable bonds is 2. The van der Waals surface area contributed by atoms with E-state index in [9.17, 15) is 0 Å². The molecule has 0 aliphatic carbocycles. The van der Waals surface area contributed by atoms with E-state index < -0.39 is 0 Å². The predicted molar refractivity (Wildman–Crippen MR) is 64.3 cm³/mol. The van der Waals surface area contributed by atoms with Crippen molar-refractivity contribution >= 4 is 0 Å². The molecule has 2 aromatic rings. The minimum absolute atomic E-state index is 0.276. The van der Waals surface area contributed by atoms with E-state index in [1.165, 1.54) is 0 Å². The van der Waals surface area contributed by atoms with Gasteiger partial charge < -0.3 is 4.74 Å². The van der Waals surface area contributed by atoms with Crippen LogP contribution in [-0.2, 0) is 4.74 Å². The molecule has 1 aliphatic heterocycles. The van der Waals surface area contributed by atoms with Crippen LogP contribution in [0.1, 0.15) is 23.6 Å². The van der Waals surface area contributed by atoms with Gasteiger partial charge in [0.1, 0.15) is 0 Å². The molecule has 2 unspecified atom stereocenters. The number of hydrogen-bond acceptors (Lipinski definition) is 3. The molecule has 2 atom stereocenters. The number of azo groups is 1. The lowest BCUT2D eigenvalue weighted by atomic mass is 10.2. The van der Waals surface area contributed by atoms with Crippen molar-refractivity contribution in [2.45, 2.75) is 12.5 Å². The molecule has 17 heavy (non-hydrogen) atoms. The fourth-order valence-electron chi connectivity index (χ4n) is 1.82. The first kappa shape index (κ1) is 10.2. The molecule has 0 radical (unpaired) electrons. The average Bonchev–Trinajstić information content (AvgIpc) is 2.90. The number of nitrogens with zero attached hydrogens (tertiary/aromatic N) is 2. The van der Waals surface area contributed by atoms with Gasteiger partial charge in [-0.05, 0) is 0 Å². The first-order valence-corrected chi connectivity index (χ1v) is 5.59. The van der Waals surface area contributed by atoms with Crippen LogP contribution in [0.5, 0.6) is 0 Å². The number of hydrogen-bond donors (Lipinski definition) is 0. The molecule has 0 spiro atoms. The smallest absolute Gasteiger partial charge is 0.197 e. The Morgan fingerprint density at radius 3 is 1.47 bits per heavy atom. The van der Waals surface area contributed by atoms with Gasteiger partial charge in [-0.3, -0.25) is 0 Å². The van der Waals surface area contributed by atoms with Crippen LogP contribution in [-0.4, -0.2) is 0 Å². The first-order valence-electron chi connectivity index (χ1n) is 5.59. The SMILES string of the molecule is c1ccc(C2N=NC(c3ccccc3)O2)cc1. The molecule has 3 heteroatoms. The number of benzene rings is 2. The van der Waals surface area contributed by atoms with Crippen molar-refractivity contribution in [1.82, 2.24) is 0 Å². The maximum atomic E-state index is 5.80. The van der Waals surface area contributed by atoms with Crippen molar-refractivity contribution < 1.29 is 4.74 Å². The molecule has 3 nitrogen and oxygen atoms in total. The summed E-state index contributed by atoms with van der Waals surface area (Å²) in [5.41, 5.74) is 2.07. The van der Waals surface area contributed by atoms with Crippen molar-refractivity contribution in [3.05, 3.63) is 71.8 Å². The molecule has 0 saturated heterocycles. The minimum atomic E-state index is -0.276. The third-order valence-corrected chi connectivity index (χ3v) is 2.70. The zero-order valence-corrected chi connectivity index (χ0v) is 9.23. The van der Waals surface area contributed by atoms with E-state index >= 15 is 0 Å². The van der Waals surface area contributed by atoms with E-state index in [1.807, 2.05) is 60.7 Å². The molecule has 0 bridgehead atoms. The van der Waals surface area contributed by atoms with Gasteiger partial charge in [-0.15, -0.1) is 0 Å². The average molecular weight is 224 g/mol. The molecule has 0 N–H and O–H groups in total. The van der Waals surface area contributed by atoms with Gasteiger partial charge in [0, 0.05) is 11.1 Å². The first-order chi connectivity index (χ1) is 8.43. The van der Waals surface area contributed by atoms with E-state index in [2.05, 4.69) is 10.2 Å². The Balaban J connectivity index is 1.78. The normalized spacial score (nSPS) is 22.8. The van der Waals surface area contributed by atoms with Crippen molar-refractivity contribution in [3.63, 3.8) is 0 Å². The molecule has 1 heterocycles. The summed E-state index contributed by atoms with van der Waals surface area (Å²) in [6, 6.07) is 19.8.